The molecule has 1 aromatic rings. The first-order chi connectivity index (χ1) is 10.1. The van der Waals surface area contributed by atoms with E-state index in [0.717, 1.165) is 5.92 Å². The molecule has 0 saturated heterocycles. The van der Waals surface area contributed by atoms with Crippen molar-refractivity contribution in [1.82, 2.24) is 0 Å². The average Bonchev–Trinajstić information content (AvgIpc) is 2.45. The van der Waals surface area contributed by atoms with Crippen LogP contribution < -0.4 is 0 Å². The van der Waals surface area contributed by atoms with Gasteiger partial charge in [-0.25, -0.2) is 0 Å². The zero-order valence-electron chi connectivity index (χ0n) is 16.5. The van der Waals surface area contributed by atoms with Gasteiger partial charge in [0, 0.05) is 0 Å². The summed E-state index contributed by atoms with van der Waals surface area (Å²) >= 11 is 0. The minimum absolute atomic E-state index is 0.259. The first-order valence-corrected chi connectivity index (χ1v) is 9.27. The molecule has 0 aliphatic rings. The summed E-state index contributed by atoms with van der Waals surface area (Å²) in [5.74, 6) is 2.07. The van der Waals surface area contributed by atoms with Gasteiger partial charge in [-0.2, -0.15) is 0 Å². The smallest absolute Gasteiger partial charge is 0.0101 e. The highest BCUT2D eigenvalue weighted by molar-refractivity contribution is 5.45. The molecule has 1 aromatic carbocycles. The molecule has 0 N–H and O–H groups in total. The molecule has 0 aliphatic carbocycles. The van der Waals surface area contributed by atoms with Crippen molar-refractivity contribution in [3.05, 3.63) is 34.4 Å². The Kier molecular flexibility index (Phi) is 6.71. The summed E-state index contributed by atoms with van der Waals surface area (Å²) in [7, 11) is 0. The molecule has 0 aliphatic heterocycles. The second-order valence-electron chi connectivity index (χ2n) is 8.38. The predicted molar refractivity (Wildman–Crippen MR) is 101 cm³/mol. The van der Waals surface area contributed by atoms with Crippen LogP contribution in [0.5, 0.6) is 0 Å². The zero-order valence-corrected chi connectivity index (χ0v) is 16.5. The standard InChI is InChI=1S/C22H38/c1-10-16(5)12-19-13-17(6)14-20(18(7)15(3)4)21(19)22(8,9)11-2/h13-16,18H,10-12H2,1-9H3. The van der Waals surface area contributed by atoms with Gasteiger partial charge < -0.3 is 0 Å². The molecule has 1 rings (SSSR count). The van der Waals surface area contributed by atoms with Crippen molar-refractivity contribution in [3.63, 3.8) is 0 Å². The fraction of sp³-hybridized carbons (Fsp3) is 0.727. The SMILES string of the molecule is CCC(C)Cc1cc(C)cc(C(C)C(C)C)c1C(C)(C)CC. The van der Waals surface area contributed by atoms with Crippen LogP contribution in [0.15, 0.2) is 12.1 Å². The van der Waals surface area contributed by atoms with Gasteiger partial charge in [-0.05, 0) is 59.6 Å². The van der Waals surface area contributed by atoms with Crippen molar-refractivity contribution < 1.29 is 0 Å². The Labute approximate surface area is 139 Å². The predicted octanol–water partition coefficient (Wildman–Crippen LogP) is 7.03. The lowest BCUT2D eigenvalue weighted by molar-refractivity contribution is 0.463. The molecule has 0 nitrogen and oxygen atoms in total. The van der Waals surface area contributed by atoms with Crippen molar-refractivity contribution in [2.45, 2.75) is 92.9 Å². The minimum Gasteiger partial charge on any atom is -0.0651 e. The van der Waals surface area contributed by atoms with Gasteiger partial charge in [0.1, 0.15) is 0 Å². The Hall–Kier alpha value is -0.780. The highest BCUT2D eigenvalue weighted by Gasteiger charge is 2.28. The van der Waals surface area contributed by atoms with E-state index < -0.39 is 0 Å². The number of benzene rings is 1. The fourth-order valence-corrected chi connectivity index (χ4v) is 3.29. The Morgan fingerprint density at radius 1 is 1.00 bits per heavy atom. The number of aryl methyl sites for hydroxylation is 1. The van der Waals surface area contributed by atoms with Gasteiger partial charge >= 0.3 is 0 Å². The highest BCUT2D eigenvalue weighted by atomic mass is 14.3. The molecule has 0 heterocycles. The van der Waals surface area contributed by atoms with Gasteiger partial charge in [0.15, 0.2) is 0 Å². The van der Waals surface area contributed by atoms with E-state index in [1.54, 1.807) is 16.7 Å². The molecule has 0 fully saturated rings. The summed E-state index contributed by atoms with van der Waals surface area (Å²) in [6.45, 7) is 21.2. The Morgan fingerprint density at radius 2 is 1.59 bits per heavy atom. The fourth-order valence-electron chi connectivity index (χ4n) is 3.29. The van der Waals surface area contributed by atoms with Crippen LogP contribution >= 0.6 is 0 Å². The van der Waals surface area contributed by atoms with Gasteiger partial charge in [0.2, 0.25) is 0 Å². The number of hydrogen-bond acceptors (Lipinski definition) is 0. The van der Waals surface area contributed by atoms with Crippen LogP contribution in [0.2, 0.25) is 0 Å². The normalized spacial score (nSPS) is 15.2. The lowest BCUT2D eigenvalue weighted by Gasteiger charge is -2.33. The van der Waals surface area contributed by atoms with Crippen LogP contribution in [0, 0.1) is 18.8 Å². The second kappa shape index (κ2) is 7.66. The third-order valence-corrected chi connectivity index (χ3v) is 5.71. The van der Waals surface area contributed by atoms with Crippen molar-refractivity contribution in [1.29, 1.82) is 0 Å². The average molecular weight is 303 g/mol. The molecule has 2 unspecified atom stereocenters. The Balaban J connectivity index is 3.54. The van der Waals surface area contributed by atoms with Crippen LogP contribution in [-0.2, 0) is 11.8 Å². The first-order valence-electron chi connectivity index (χ1n) is 9.27. The molecule has 0 saturated carbocycles. The van der Waals surface area contributed by atoms with E-state index in [1.165, 1.54) is 24.8 Å². The third-order valence-electron chi connectivity index (χ3n) is 5.71. The molecule has 2 atom stereocenters. The lowest BCUT2D eigenvalue weighted by atomic mass is 9.71. The maximum absolute atomic E-state index is 2.46. The molecule has 0 radical (unpaired) electrons. The van der Waals surface area contributed by atoms with Gasteiger partial charge in [-0.3, -0.25) is 0 Å². The van der Waals surface area contributed by atoms with Crippen LogP contribution in [-0.4, -0.2) is 0 Å². The van der Waals surface area contributed by atoms with E-state index >= 15 is 0 Å². The molecule has 126 valence electrons. The van der Waals surface area contributed by atoms with Gasteiger partial charge in [0.05, 0.1) is 0 Å². The summed E-state index contributed by atoms with van der Waals surface area (Å²) in [6.07, 6.45) is 3.67. The summed E-state index contributed by atoms with van der Waals surface area (Å²) in [6, 6.07) is 4.91. The molecular formula is C22H38. The summed E-state index contributed by atoms with van der Waals surface area (Å²) in [5.41, 5.74) is 6.53. The zero-order chi connectivity index (χ0) is 17.1. The molecule has 0 spiro atoms. The molecule has 0 amide bonds. The quantitative estimate of drug-likeness (QED) is 0.507. The Morgan fingerprint density at radius 3 is 2.05 bits per heavy atom. The van der Waals surface area contributed by atoms with E-state index in [9.17, 15) is 0 Å². The van der Waals surface area contributed by atoms with Gasteiger partial charge in [-0.1, -0.05) is 79.5 Å². The van der Waals surface area contributed by atoms with Crippen LogP contribution in [0.3, 0.4) is 0 Å². The van der Waals surface area contributed by atoms with Crippen molar-refractivity contribution in [2.24, 2.45) is 11.8 Å². The largest absolute Gasteiger partial charge is 0.0651 e. The van der Waals surface area contributed by atoms with Crippen LogP contribution in [0.25, 0.3) is 0 Å². The van der Waals surface area contributed by atoms with E-state index in [1.807, 2.05) is 0 Å². The van der Waals surface area contributed by atoms with Crippen molar-refractivity contribution in [2.75, 3.05) is 0 Å². The topological polar surface area (TPSA) is 0 Å². The maximum atomic E-state index is 2.46. The van der Waals surface area contributed by atoms with Gasteiger partial charge in [-0.15, -0.1) is 0 Å². The second-order valence-corrected chi connectivity index (χ2v) is 8.38. The molecular weight excluding hydrogens is 264 g/mol. The summed E-state index contributed by atoms with van der Waals surface area (Å²) in [5, 5.41) is 0. The molecule has 22 heavy (non-hydrogen) atoms. The van der Waals surface area contributed by atoms with E-state index in [4.69, 9.17) is 0 Å². The molecule has 0 bridgehead atoms. The number of hydrogen-bond donors (Lipinski definition) is 0. The highest BCUT2D eigenvalue weighted by Crippen LogP contribution is 2.39. The van der Waals surface area contributed by atoms with E-state index in [0.29, 0.717) is 11.8 Å². The molecule has 0 aromatic heterocycles. The summed E-state index contributed by atoms with van der Waals surface area (Å²) in [4.78, 5) is 0. The first kappa shape index (κ1) is 19.3. The van der Waals surface area contributed by atoms with Crippen molar-refractivity contribution in [3.8, 4) is 0 Å². The molecule has 0 heteroatoms. The number of rotatable bonds is 7. The monoisotopic (exact) mass is 302 g/mol. The van der Waals surface area contributed by atoms with Crippen molar-refractivity contribution >= 4 is 0 Å². The van der Waals surface area contributed by atoms with E-state index in [2.05, 4.69) is 74.4 Å². The summed E-state index contributed by atoms with van der Waals surface area (Å²) < 4.78 is 0. The lowest BCUT2D eigenvalue weighted by Crippen LogP contribution is -2.23. The maximum Gasteiger partial charge on any atom is -0.0101 e. The van der Waals surface area contributed by atoms with Gasteiger partial charge in [0.25, 0.3) is 0 Å². The third kappa shape index (κ3) is 4.37. The van der Waals surface area contributed by atoms with E-state index in [-0.39, 0.29) is 5.41 Å². The van der Waals surface area contributed by atoms with Crippen LogP contribution in [0.4, 0.5) is 0 Å². The van der Waals surface area contributed by atoms with Crippen LogP contribution in [0.1, 0.15) is 96.4 Å². The Bertz CT molecular complexity index is 479. The minimum atomic E-state index is 0.259.